The van der Waals surface area contributed by atoms with Gasteiger partial charge in [-0.2, -0.15) is 13.2 Å². The predicted octanol–water partition coefficient (Wildman–Crippen LogP) is 5.83. The molecule has 0 radical (unpaired) electrons. The number of hydrogen-bond acceptors (Lipinski definition) is 6. The Bertz CT molecular complexity index is 1440. The highest BCUT2D eigenvalue weighted by Gasteiger charge is 2.35. The molecule has 0 saturated carbocycles. The average molecular weight is 568 g/mol. The van der Waals surface area contributed by atoms with Gasteiger partial charge in [-0.3, -0.25) is 19.6 Å². The molecule has 2 aromatic carbocycles. The zero-order valence-corrected chi connectivity index (χ0v) is 23.0. The Kier molecular flexibility index (Phi) is 8.27. The van der Waals surface area contributed by atoms with Gasteiger partial charge in [0.15, 0.2) is 5.78 Å². The summed E-state index contributed by atoms with van der Waals surface area (Å²) in [5.74, 6) is 0.928. The highest BCUT2D eigenvalue weighted by Crippen LogP contribution is 2.36. The third-order valence-electron chi connectivity index (χ3n) is 7.42. The van der Waals surface area contributed by atoms with E-state index in [0.717, 1.165) is 24.7 Å². The molecule has 0 atom stereocenters. The van der Waals surface area contributed by atoms with Gasteiger partial charge in [-0.1, -0.05) is 13.0 Å². The number of halogens is 3. The number of pyridine rings is 1. The number of ketones is 1. The van der Waals surface area contributed by atoms with E-state index in [-0.39, 0.29) is 23.6 Å². The van der Waals surface area contributed by atoms with Crippen LogP contribution in [0.15, 0.2) is 54.7 Å². The van der Waals surface area contributed by atoms with Gasteiger partial charge in [0.25, 0.3) is 0 Å². The topological polar surface area (TPSA) is 78.0 Å². The van der Waals surface area contributed by atoms with Gasteiger partial charge >= 0.3 is 12.2 Å². The first-order chi connectivity index (χ1) is 19.6. The Morgan fingerprint density at radius 3 is 2.46 bits per heavy atom. The van der Waals surface area contributed by atoms with Crippen LogP contribution in [0.2, 0.25) is 0 Å². The second kappa shape index (κ2) is 11.9. The van der Waals surface area contributed by atoms with E-state index in [1.165, 1.54) is 23.2 Å². The quantitative estimate of drug-likeness (QED) is 0.362. The van der Waals surface area contributed by atoms with Gasteiger partial charge in [0.1, 0.15) is 17.2 Å². The van der Waals surface area contributed by atoms with Gasteiger partial charge < -0.3 is 15.0 Å². The Morgan fingerprint density at radius 2 is 1.73 bits per heavy atom. The Labute approximate surface area is 236 Å². The molecule has 5 rings (SSSR count). The number of Topliss-reactive ketones (excluding diaryl/α,β-unsaturated/α-hetero) is 1. The number of likely N-dealkylation sites (N-methyl/N-ethyl adjacent to an activating group) is 1. The molecule has 11 heteroatoms. The van der Waals surface area contributed by atoms with Crippen molar-refractivity contribution in [2.45, 2.75) is 32.5 Å². The van der Waals surface area contributed by atoms with Gasteiger partial charge in [0, 0.05) is 69.3 Å². The highest BCUT2D eigenvalue weighted by atomic mass is 19.4. The molecule has 0 unspecified atom stereocenters. The summed E-state index contributed by atoms with van der Waals surface area (Å²) >= 11 is 0. The first-order valence-corrected chi connectivity index (χ1v) is 13.6. The summed E-state index contributed by atoms with van der Waals surface area (Å²) in [6, 6.07) is 12.0. The minimum atomic E-state index is -4.54. The van der Waals surface area contributed by atoms with Crippen LogP contribution in [0.1, 0.15) is 40.5 Å². The summed E-state index contributed by atoms with van der Waals surface area (Å²) in [5.41, 5.74) is 1.41. The van der Waals surface area contributed by atoms with E-state index in [9.17, 15) is 22.8 Å². The molecule has 3 aromatic rings. The summed E-state index contributed by atoms with van der Waals surface area (Å²) < 4.78 is 47.8. The van der Waals surface area contributed by atoms with Gasteiger partial charge in [0.05, 0.1) is 5.56 Å². The normalized spacial score (nSPS) is 16.0. The summed E-state index contributed by atoms with van der Waals surface area (Å²) in [4.78, 5) is 34.8. The van der Waals surface area contributed by atoms with E-state index in [1.807, 2.05) is 18.0 Å². The second-order valence-corrected chi connectivity index (χ2v) is 10.3. The maximum Gasteiger partial charge on any atom is 0.416 e. The summed E-state index contributed by atoms with van der Waals surface area (Å²) in [6.07, 6.45) is -2.13. The molecule has 2 aliphatic heterocycles. The van der Waals surface area contributed by atoms with E-state index >= 15 is 0 Å². The van der Waals surface area contributed by atoms with Crippen molar-refractivity contribution in [1.82, 2.24) is 14.8 Å². The zero-order valence-electron chi connectivity index (χ0n) is 23.0. The molecule has 0 aliphatic carbocycles. The molecule has 216 valence electrons. The van der Waals surface area contributed by atoms with E-state index in [0.29, 0.717) is 55.4 Å². The number of carbonyl (C=O) groups is 2. The van der Waals surface area contributed by atoms with Crippen molar-refractivity contribution >= 4 is 23.2 Å². The number of carbonyl (C=O) groups excluding carboxylic acids is 2. The average Bonchev–Trinajstić information content (AvgIpc) is 3.37. The number of nitrogens with one attached hydrogen (secondary N) is 1. The van der Waals surface area contributed by atoms with E-state index < -0.39 is 17.8 Å². The van der Waals surface area contributed by atoms with E-state index in [2.05, 4.69) is 15.2 Å². The van der Waals surface area contributed by atoms with Crippen LogP contribution in [-0.4, -0.2) is 66.4 Å². The molecule has 1 saturated heterocycles. The lowest BCUT2D eigenvalue weighted by Crippen LogP contribution is -2.44. The Morgan fingerprint density at radius 1 is 0.976 bits per heavy atom. The minimum Gasteiger partial charge on any atom is -0.457 e. The fourth-order valence-electron chi connectivity index (χ4n) is 5.09. The number of ether oxygens (including phenoxy) is 1. The van der Waals surface area contributed by atoms with E-state index in [4.69, 9.17) is 4.74 Å². The van der Waals surface area contributed by atoms with Gasteiger partial charge in [-0.25, -0.2) is 4.79 Å². The molecule has 3 heterocycles. The maximum absolute atomic E-state index is 14.0. The number of fused-ring (bicyclic) bond motifs is 1. The molecular formula is C30H32F3N5O3. The monoisotopic (exact) mass is 567 g/mol. The molecule has 0 bridgehead atoms. The molecule has 2 aliphatic rings. The third-order valence-corrected chi connectivity index (χ3v) is 7.42. The highest BCUT2D eigenvalue weighted by molar-refractivity contribution is 6.03. The molecule has 2 amide bonds. The SMILES string of the molecule is CCC(=O)c1cc(Oc2ccc3c(c2)CCN3C(=O)Nc2ccc(CN3CCN(C)CC3)c(C(F)(F)F)c2)ccn1. The predicted molar refractivity (Wildman–Crippen MR) is 150 cm³/mol. The number of urea groups is 1. The van der Waals surface area contributed by atoms with Crippen molar-refractivity contribution in [3.63, 3.8) is 0 Å². The Balaban J connectivity index is 1.27. The lowest BCUT2D eigenvalue weighted by Gasteiger charge is -2.33. The second-order valence-electron chi connectivity index (χ2n) is 10.3. The standard InChI is InChI=1S/C30H32F3N5O3/c1-3-28(39)26-18-24(8-10-34-26)41-23-6-7-27-20(16-23)9-11-38(27)29(40)35-22-5-4-21(25(17-22)30(31,32)33)19-37-14-12-36(2)13-15-37/h4-8,10,16-18H,3,9,11-15,19H2,1-2H3,(H,35,40). The van der Waals surface area contributed by atoms with Crippen molar-refractivity contribution in [3.05, 3.63) is 77.1 Å². The number of rotatable bonds is 7. The van der Waals surface area contributed by atoms with Gasteiger partial charge in [0.2, 0.25) is 0 Å². The number of alkyl halides is 3. The van der Waals surface area contributed by atoms with Crippen molar-refractivity contribution in [2.75, 3.05) is 50.0 Å². The van der Waals surface area contributed by atoms with E-state index in [1.54, 1.807) is 31.2 Å². The molecule has 41 heavy (non-hydrogen) atoms. The van der Waals surface area contributed by atoms with Crippen LogP contribution in [0, 0.1) is 0 Å². The van der Waals surface area contributed by atoms with Gasteiger partial charge in [-0.15, -0.1) is 0 Å². The molecule has 1 N–H and O–H groups in total. The molecule has 0 spiro atoms. The number of anilines is 2. The van der Waals surface area contributed by atoms with Crippen LogP contribution in [0.3, 0.4) is 0 Å². The fourth-order valence-corrected chi connectivity index (χ4v) is 5.09. The number of benzene rings is 2. The summed E-state index contributed by atoms with van der Waals surface area (Å²) in [7, 11) is 2.00. The van der Waals surface area contributed by atoms with Crippen LogP contribution >= 0.6 is 0 Å². The molecular weight excluding hydrogens is 535 g/mol. The van der Waals surface area contributed by atoms with Crippen molar-refractivity contribution < 1.29 is 27.5 Å². The van der Waals surface area contributed by atoms with Crippen molar-refractivity contribution in [1.29, 1.82) is 0 Å². The number of aromatic nitrogens is 1. The van der Waals surface area contributed by atoms with Crippen molar-refractivity contribution in [2.24, 2.45) is 0 Å². The third kappa shape index (κ3) is 6.68. The summed E-state index contributed by atoms with van der Waals surface area (Å²) in [6.45, 7) is 5.38. The maximum atomic E-state index is 14.0. The number of nitrogens with zero attached hydrogens (tertiary/aromatic N) is 4. The number of amides is 2. The van der Waals surface area contributed by atoms with Crippen LogP contribution in [0.25, 0.3) is 0 Å². The molecule has 1 fully saturated rings. The molecule has 8 nitrogen and oxygen atoms in total. The first kappa shape index (κ1) is 28.6. The Hall–Kier alpha value is -3.96. The largest absolute Gasteiger partial charge is 0.457 e. The van der Waals surface area contributed by atoms with Gasteiger partial charge in [-0.05, 0) is 61.0 Å². The smallest absolute Gasteiger partial charge is 0.416 e. The van der Waals surface area contributed by atoms with Crippen LogP contribution < -0.4 is 15.0 Å². The van der Waals surface area contributed by atoms with Crippen molar-refractivity contribution in [3.8, 4) is 11.5 Å². The minimum absolute atomic E-state index is 0.0851. The molecule has 1 aromatic heterocycles. The first-order valence-electron chi connectivity index (χ1n) is 13.6. The number of hydrogen-bond donors (Lipinski definition) is 1. The van der Waals surface area contributed by atoms with Crippen LogP contribution in [-0.2, 0) is 19.1 Å². The lowest BCUT2D eigenvalue weighted by atomic mass is 10.0. The van der Waals surface area contributed by atoms with Crippen LogP contribution in [0.5, 0.6) is 11.5 Å². The fraction of sp³-hybridized carbons (Fsp3) is 0.367. The summed E-state index contributed by atoms with van der Waals surface area (Å²) in [5, 5.41) is 2.65. The zero-order chi connectivity index (χ0) is 29.1. The number of piperazine rings is 1. The lowest BCUT2D eigenvalue weighted by molar-refractivity contribution is -0.138. The van der Waals surface area contributed by atoms with Crippen LogP contribution in [0.4, 0.5) is 29.3 Å².